The third kappa shape index (κ3) is 3.44. The maximum absolute atomic E-state index is 13.3. The number of ether oxygens (including phenoxy) is 1. The Morgan fingerprint density at radius 3 is 2.27 bits per heavy atom. The monoisotopic (exact) mass is 413 g/mol. The van der Waals surface area contributed by atoms with Gasteiger partial charge >= 0.3 is 0 Å². The topological polar surface area (TPSA) is 53.1 Å². The minimum Gasteiger partial charge on any atom is -0.383 e. The molecule has 0 aliphatic carbocycles. The molecule has 6 nitrogen and oxygen atoms in total. The Balaban J connectivity index is 1.53. The molecule has 2 spiro atoms. The minimum absolute atomic E-state index is 0.0398. The van der Waals surface area contributed by atoms with Crippen molar-refractivity contribution in [3.8, 4) is 0 Å². The molecule has 3 aliphatic rings. The van der Waals surface area contributed by atoms with Crippen molar-refractivity contribution in [2.24, 2.45) is 10.8 Å². The first kappa shape index (κ1) is 21.3. The molecule has 0 saturated carbocycles. The summed E-state index contributed by atoms with van der Waals surface area (Å²) in [6.45, 7) is 9.67. The summed E-state index contributed by atoms with van der Waals surface area (Å²) in [7, 11) is 3.66. The van der Waals surface area contributed by atoms with Crippen molar-refractivity contribution in [2.75, 3.05) is 60.0 Å². The average Bonchev–Trinajstić information content (AvgIpc) is 3.18. The van der Waals surface area contributed by atoms with Crippen molar-refractivity contribution in [3.05, 3.63) is 34.9 Å². The third-order valence-corrected chi connectivity index (χ3v) is 7.75. The lowest BCUT2D eigenvalue weighted by Gasteiger charge is -2.47. The number of benzene rings is 1. The lowest BCUT2D eigenvalue weighted by molar-refractivity contribution is -0.141. The normalized spacial score (nSPS) is 26.3. The number of hydrogen-bond donors (Lipinski definition) is 0. The molecule has 1 aromatic rings. The van der Waals surface area contributed by atoms with Crippen LogP contribution in [0.4, 0.5) is 0 Å². The van der Waals surface area contributed by atoms with Gasteiger partial charge in [-0.2, -0.15) is 0 Å². The molecule has 0 aromatic heterocycles. The highest BCUT2D eigenvalue weighted by molar-refractivity contribution is 5.94. The van der Waals surface area contributed by atoms with Crippen LogP contribution < -0.4 is 0 Å². The first-order valence-corrected chi connectivity index (χ1v) is 11.1. The van der Waals surface area contributed by atoms with E-state index < -0.39 is 0 Å². The smallest absolute Gasteiger partial charge is 0.253 e. The van der Waals surface area contributed by atoms with Crippen LogP contribution in [0.3, 0.4) is 0 Å². The highest BCUT2D eigenvalue weighted by atomic mass is 16.5. The van der Waals surface area contributed by atoms with Crippen LogP contribution in [0, 0.1) is 24.7 Å². The quantitative estimate of drug-likeness (QED) is 0.760. The fourth-order valence-corrected chi connectivity index (χ4v) is 6.19. The van der Waals surface area contributed by atoms with Gasteiger partial charge in [0, 0.05) is 64.4 Å². The fourth-order valence-electron chi connectivity index (χ4n) is 6.19. The Morgan fingerprint density at radius 2 is 1.70 bits per heavy atom. The number of rotatable bonds is 4. The largest absolute Gasteiger partial charge is 0.383 e. The van der Waals surface area contributed by atoms with E-state index in [1.165, 1.54) is 0 Å². The number of likely N-dealkylation sites (tertiary alicyclic amines) is 3. The number of carbonyl (C=O) groups is 2. The number of hydrogen-bond acceptors (Lipinski definition) is 4. The SMILES string of the molecule is COCCN1CC2(CCN(C(=O)c3cc(C)cc(C)c3)CC2)[C@@]2(CCN(C)C2=O)C1. The number of fused-ring (bicyclic) bond motifs is 1. The van der Waals surface area contributed by atoms with Gasteiger partial charge in [0.15, 0.2) is 0 Å². The lowest BCUT2D eigenvalue weighted by atomic mass is 9.60. The molecule has 4 rings (SSSR count). The molecule has 0 bridgehead atoms. The van der Waals surface area contributed by atoms with Gasteiger partial charge in [0.05, 0.1) is 12.0 Å². The number of aryl methyl sites for hydroxylation is 2. The molecule has 3 saturated heterocycles. The molecule has 6 heteroatoms. The second-order valence-corrected chi connectivity index (χ2v) is 9.71. The predicted octanol–water partition coefficient (Wildman–Crippen LogP) is 2.34. The van der Waals surface area contributed by atoms with Crippen LogP contribution in [0.15, 0.2) is 18.2 Å². The zero-order valence-electron chi connectivity index (χ0n) is 18.9. The summed E-state index contributed by atoms with van der Waals surface area (Å²) in [6, 6.07) is 6.07. The zero-order valence-corrected chi connectivity index (χ0v) is 18.9. The Morgan fingerprint density at radius 1 is 1.03 bits per heavy atom. The maximum atomic E-state index is 13.3. The van der Waals surface area contributed by atoms with Gasteiger partial charge in [0.25, 0.3) is 5.91 Å². The van der Waals surface area contributed by atoms with E-state index in [1.54, 1.807) is 7.11 Å². The van der Waals surface area contributed by atoms with E-state index in [0.29, 0.717) is 12.5 Å². The van der Waals surface area contributed by atoms with Gasteiger partial charge in [-0.1, -0.05) is 17.2 Å². The molecule has 3 fully saturated rings. The van der Waals surface area contributed by atoms with Crippen molar-refractivity contribution in [3.63, 3.8) is 0 Å². The van der Waals surface area contributed by atoms with Gasteiger partial charge in [-0.3, -0.25) is 14.5 Å². The molecule has 0 radical (unpaired) electrons. The first-order chi connectivity index (χ1) is 14.3. The first-order valence-electron chi connectivity index (χ1n) is 11.1. The summed E-state index contributed by atoms with van der Waals surface area (Å²) in [4.78, 5) is 32.8. The van der Waals surface area contributed by atoms with Crippen LogP contribution in [0.25, 0.3) is 0 Å². The van der Waals surface area contributed by atoms with Gasteiger partial charge in [0.1, 0.15) is 0 Å². The Kier molecular flexibility index (Phi) is 5.66. The van der Waals surface area contributed by atoms with E-state index in [9.17, 15) is 9.59 Å². The second-order valence-electron chi connectivity index (χ2n) is 9.71. The van der Waals surface area contributed by atoms with Crippen LogP contribution in [-0.4, -0.2) is 86.5 Å². The van der Waals surface area contributed by atoms with E-state index in [2.05, 4.69) is 11.0 Å². The van der Waals surface area contributed by atoms with Crippen LogP contribution in [0.1, 0.15) is 40.7 Å². The highest BCUT2D eigenvalue weighted by Gasteiger charge is 2.64. The van der Waals surface area contributed by atoms with E-state index in [1.807, 2.05) is 42.8 Å². The van der Waals surface area contributed by atoms with Gasteiger partial charge < -0.3 is 14.5 Å². The van der Waals surface area contributed by atoms with E-state index in [4.69, 9.17) is 4.74 Å². The lowest BCUT2D eigenvalue weighted by Crippen LogP contribution is -2.53. The molecule has 1 atom stereocenters. The molecule has 30 heavy (non-hydrogen) atoms. The number of nitrogens with zero attached hydrogens (tertiary/aromatic N) is 3. The Labute approximate surface area is 180 Å². The van der Waals surface area contributed by atoms with Crippen molar-refractivity contribution < 1.29 is 14.3 Å². The van der Waals surface area contributed by atoms with Crippen molar-refractivity contribution in [1.82, 2.24) is 14.7 Å². The van der Waals surface area contributed by atoms with Crippen LogP contribution in [0.5, 0.6) is 0 Å². The second kappa shape index (κ2) is 7.97. The van der Waals surface area contributed by atoms with Gasteiger partial charge in [-0.15, -0.1) is 0 Å². The summed E-state index contributed by atoms with van der Waals surface area (Å²) in [5.74, 6) is 0.423. The van der Waals surface area contributed by atoms with E-state index >= 15 is 0 Å². The standard InChI is InChI=1S/C24H35N3O3/c1-18-13-19(2)15-20(14-18)21(28)27-9-5-23(6-10-27)16-26(11-12-30-4)17-24(23)7-8-25(3)22(24)29/h13-15H,5-12,16-17H2,1-4H3/t24-/m0/s1. The number of methoxy groups -OCH3 is 1. The Bertz CT molecular complexity index is 811. The van der Waals surface area contributed by atoms with Crippen molar-refractivity contribution >= 4 is 11.8 Å². The molecule has 1 aromatic carbocycles. The molecule has 164 valence electrons. The summed E-state index contributed by atoms with van der Waals surface area (Å²) in [5, 5.41) is 0. The molecule has 2 amide bonds. The van der Waals surface area contributed by atoms with Crippen LogP contribution >= 0.6 is 0 Å². The van der Waals surface area contributed by atoms with Gasteiger partial charge in [0.2, 0.25) is 5.91 Å². The van der Waals surface area contributed by atoms with Gasteiger partial charge in [-0.05, 0) is 45.2 Å². The number of piperidine rings is 1. The van der Waals surface area contributed by atoms with Gasteiger partial charge in [-0.25, -0.2) is 0 Å². The van der Waals surface area contributed by atoms with Crippen LogP contribution in [-0.2, 0) is 9.53 Å². The maximum Gasteiger partial charge on any atom is 0.253 e. The highest BCUT2D eigenvalue weighted by Crippen LogP contribution is 2.57. The summed E-state index contributed by atoms with van der Waals surface area (Å²) in [5.41, 5.74) is 2.68. The zero-order chi connectivity index (χ0) is 21.5. The predicted molar refractivity (Wildman–Crippen MR) is 116 cm³/mol. The summed E-state index contributed by atoms with van der Waals surface area (Å²) < 4.78 is 5.31. The third-order valence-electron chi connectivity index (χ3n) is 7.75. The summed E-state index contributed by atoms with van der Waals surface area (Å²) >= 11 is 0. The fraction of sp³-hybridized carbons (Fsp3) is 0.667. The van der Waals surface area contributed by atoms with Crippen LogP contribution in [0.2, 0.25) is 0 Å². The molecular weight excluding hydrogens is 378 g/mol. The number of amides is 2. The molecule has 0 unspecified atom stereocenters. The minimum atomic E-state index is -0.301. The molecule has 3 aliphatic heterocycles. The number of carbonyl (C=O) groups excluding carboxylic acids is 2. The molecular formula is C24H35N3O3. The van der Waals surface area contributed by atoms with E-state index in [-0.39, 0.29) is 16.7 Å². The van der Waals surface area contributed by atoms with Crippen molar-refractivity contribution in [1.29, 1.82) is 0 Å². The molecule has 0 N–H and O–H groups in total. The van der Waals surface area contributed by atoms with E-state index in [0.717, 1.165) is 75.2 Å². The average molecular weight is 414 g/mol. The van der Waals surface area contributed by atoms with Crippen molar-refractivity contribution in [2.45, 2.75) is 33.1 Å². The Hall–Kier alpha value is -1.92. The molecule has 3 heterocycles. The summed E-state index contributed by atoms with van der Waals surface area (Å²) in [6.07, 6.45) is 2.72.